The van der Waals surface area contributed by atoms with E-state index in [0.717, 1.165) is 22.8 Å². The van der Waals surface area contributed by atoms with E-state index in [9.17, 15) is 18.0 Å². The van der Waals surface area contributed by atoms with Crippen molar-refractivity contribution in [2.24, 2.45) is 0 Å². The first-order valence-corrected chi connectivity index (χ1v) is 6.93. The van der Waals surface area contributed by atoms with Crippen LogP contribution in [0.25, 0.3) is 11.0 Å². The minimum atomic E-state index is -4.40. The lowest BCUT2D eigenvalue weighted by Gasteiger charge is -2.22. The topological polar surface area (TPSA) is 58.1 Å². The first-order valence-electron chi connectivity index (χ1n) is 6.20. The summed E-state index contributed by atoms with van der Waals surface area (Å²) >= 11 is 1.08. The third-order valence-electron chi connectivity index (χ3n) is 2.80. The third kappa shape index (κ3) is 4.28. The van der Waals surface area contributed by atoms with Crippen molar-refractivity contribution in [3.8, 4) is 0 Å². The second-order valence-electron chi connectivity index (χ2n) is 4.38. The largest absolute Gasteiger partial charge is 0.406 e. The van der Waals surface area contributed by atoms with Gasteiger partial charge in [0.1, 0.15) is 17.6 Å². The molecule has 0 bridgehead atoms. The molecule has 0 saturated carbocycles. The first-order chi connectivity index (χ1) is 9.89. The number of nitrogens with one attached hydrogen (secondary N) is 1. The van der Waals surface area contributed by atoms with Crippen LogP contribution >= 0.6 is 11.7 Å². The van der Waals surface area contributed by atoms with Crippen molar-refractivity contribution in [2.75, 3.05) is 13.1 Å². The zero-order chi connectivity index (χ0) is 15.5. The molecule has 21 heavy (non-hydrogen) atoms. The van der Waals surface area contributed by atoms with Crippen molar-refractivity contribution < 1.29 is 18.0 Å². The normalized spacial score (nSPS) is 11.6. The Morgan fingerprint density at radius 1 is 1.33 bits per heavy atom. The van der Waals surface area contributed by atoms with E-state index in [2.05, 4.69) is 14.1 Å². The Kier molecular flexibility index (Phi) is 4.61. The lowest BCUT2D eigenvalue weighted by molar-refractivity contribution is -0.139. The van der Waals surface area contributed by atoms with Crippen LogP contribution in [0, 0.1) is 0 Å². The molecule has 1 aromatic heterocycles. The molecule has 9 heteroatoms. The van der Waals surface area contributed by atoms with E-state index < -0.39 is 18.8 Å². The van der Waals surface area contributed by atoms with Gasteiger partial charge in [0, 0.05) is 13.1 Å². The van der Waals surface area contributed by atoms with E-state index in [-0.39, 0.29) is 13.1 Å². The Bertz CT molecular complexity index is 628. The highest BCUT2D eigenvalue weighted by Crippen LogP contribution is 2.17. The van der Waals surface area contributed by atoms with Gasteiger partial charge in [-0.25, -0.2) is 4.79 Å². The molecule has 2 amide bonds. The average Bonchev–Trinajstić information content (AvgIpc) is 2.88. The Balaban J connectivity index is 1.95. The molecule has 0 aliphatic carbocycles. The number of amides is 2. The molecule has 0 fully saturated rings. The molecule has 0 aliphatic rings. The zero-order valence-electron chi connectivity index (χ0n) is 11.1. The van der Waals surface area contributed by atoms with Crippen LogP contribution < -0.4 is 5.32 Å². The number of alkyl halides is 3. The SMILES string of the molecule is CCN(CC(F)(F)F)C(=O)NCc1ccc2nsnc2c1. The van der Waals surface area contributed by atoms with Gasteiger partial charge >= 0.3 is 12.2 Å². The van der Waals surface area contributed by atoms with Gasteiger partial charge < -0.3 is 10.2 Å². The van der Waals surface area contributed by atoms with Crippen molar-refractivity contribution >= 4 is 28.8 Å². The summed E-state index contributed by atoms with van der Waals surface area (Å²) in [5.74, 6) is 0. The Hall–Kier alpha value is -1.90. The number of hydrogen-bond donors (Lipinski definition) is 1. The molecule has 1 N–H and O–H groups in total. The number of aromatic nitrogens is 2. The van der Waals surface area contributed by atoms with E-state index in [1.165, 1.54) is 6.92 Å². The van der Waals surface area contributed by atoms with Crippen molar-refractivity contribution in [1.82, 2.24) is 19.0 Å². The maximum Gasteiger partial charge on any atom is 0.406 e. The van der Waals surface area contributed by atoms with Gasteiger partial charge in [-0.1, -0.05) is 6.07 Å². The summed E-state index contributed by atoms with van der Waals surface area (Å²) in [7, 11) is 0. The standard InChI is InChI=1S/C12H13F3N4OS/c1-2-19(7-12(13,14)15)11(20)16-6-8-3-4-9-10(5-8)18-21-17-9/h3-5H,2,6-7H2,1H3,(H,16,20). The van der Waals surface area contributed by atoms with Gasteiger partial charge in [0.05, 0.1) is 11.7 Å². The Labute approximate surface area is 123 Å². The lowest BCUT2D eigenvalue weighted by atomic mass is 10.2. The monoisotopic (exact) mass is 318 g/mol. The molecule has 1 aromatic carbocycles. The highest BCUT2D eigenvalue weighted by atomic mass is 32.1. The highest BCUT2D eigenvalue weighted by molar-refractivity contribution is 7.00. The first kappa shape index (κ1) is 15.5. The molecule has 0 radical (unpaired) electrons. The van der Waals surface area contributed by atoms with E-state index in [1.807, 2.05) is 0 Å². The van der Waals surface area contributed by atoms with Crippen molar-refractivity contribution in [3.63, 3.8) is 0 Å². The van der Waals surface area contributed by atoms with Crippen LogP contribution in [0.5, 0.6) is 0 Å². The number of rotatable bonds is 4. The number of fused-ring (bicyclic) bond motifs is 1. The van der Waals surface area contributed by atoms with Crippen LogP contribution in [0.2, 0.25) is 0 Å². The molecule has 0 spiro atoms. The summed E-state index contributed by atoms with van der Waals surface area (Å²) in [6.45, 7) is 0.365. The molecular weight excluding hydrogens is 305 g/mol. The van der Waals surface area contributed by atoms with E-state index >= 15 is 0 Å². The molecule has 0 unspecified atom stereocenters. The van der Waals surface area contributed by atoms with E-state index in [1.54, 1.807) is 18.2 Å². The molecular formula is C12H13F3N4OS. The number of hydrogen-bond acceptors (Lipinski definition) is 4. The van der Waals surface area contributed by atoms with Crippen LogP contribution in [0.15, 0.2) is 18.2 Å². The molecule has 1 heterocycles. The van der Waals surface area contributed by atoms with Gasteiger partial charge in [-0.05, 0) is 24.6 Å². The summed E-state index contributed by atoms with van der Waals surface area (Å²) < 4.78 is 45.1. The number of benzene rings is 1. The predicted octanol–water partition coefficient (Wildman–Crippen LogP) is 2.79. The van der Waals surface area contributed by atoms with Crippen molar-refractivity contribution in [2.45, 2.75) is 19.6 Å². The second kappa shape index (κ2) is 6.25. The van der Waals surface area contributed by atoms with Gasteiger partial charge in [0.2, 0.25) is 0 Å². The minimum absolute atomic E-state index is 0.0135. The lowest BCUT2D eigenvalue weighted by Crippen LogP contribution is -2.44. The molecule has 2 rings (SSSR count). The number of carbonyl (C=O) groups excluding carboxylic acids is 1. The molecule has 0 atom stereocenters. The minimum Gasteiger partial charge on any atom is -0.334 e. The van der Waals surface area contributed by atoms with Crippen LogP contribution in [0.3, 0.4) is 0 Å². The smallest absolute Gasteiger partial charge is 0.334 e. The molecule has 2 aromatic rings. The fourth-order valence-corrected chi connectivity index (χ4v) is 2.29. The molecule has 0 saturated heterocycles. The van der Waals surface area contributed by atoms with Crippen molar-refractivity contribution in [3.05, 3.63) is 23.8 Å². The Morgan fingerprint density at radius 3 is 2.71 bits per heavy atom. The highest BCUT2D eigenvalue weighted by Gasteiger charge is 2.32. The van der Waals surface area contributed by atoms with E-state index in [0.29, 0.717) is 10.4 Å². The van der Waals surface area contributed by atoms with E-state index in [4.69, 9.17) is 0 Å². The zero-order valence-corrected chi connectivity index (χ0v) is 12.0. The summed E-state index contributed by atoms with van der Waals surface area (Å²) in [5, 5.41) is 2.47. The number of halogens is 3. The van der Waals surface area contributed by atoms with Crippen LogP contribution in [0.4, 0.5) is 18.0 Å². The average molecular weight is 318 g/mol. The van der Waals surface area contributed by atoms with Crippen LogP contribution in [0.1, 0.15) is 12.5 Å². The van der Waals surface area contributed by atoms with Crippen LogP contribution in [-0.4, -0.2) is 38.9 Å². The second-order valence-corrected chi connectivity index (χ2v) is 4.90. The summed E-state index contributed by atoms with van der Waals surface area (Å²) in [4.78, 5) is 12.4. The molecule has 114 valence electrons. The summed E-state index contributed by atoms with van der Waals surface area (Å²) in [6, 6.07) is 4.52. The van der Waals surface area contributed by atoms with Gasteiger partial charge in [0.15, 0.2) is 0 Å². The van der Waals surface area contributed by atoms with Gasteiger partial charge in [-0.3, -0.25) is 0 Å². The quantitative estimate of drug-likeness (QED) is 0.943. The van der Waals surface area contributed by atoms with Gasteiger partial charge in [-0.2, -0.15) is 21.9 Å². The maximum atomic E-state index is 12.3. The van der Waals surface area contributed by atoms with Gasteiger partial charge in [-0.15, -0.1) is 0 Å². The predicted molar refractivity (Wildman–Crippen MR) is 73.0 cm³/mol. The fraction of sp³-hybridized carbons (Fsp3) is 0.417. The summed E-state index contributed by atoms with van der Waals surface area (Å²) in [6.07, 6.45) is -4.40. The molecule has 5 nitrogen and oxygen atoms in total. The summed E-state index contributed by atoms with van der Waals surface area (Å²) in [5.41, 5.74) is 2.21. The number of nitrogens with zero attached hydrogens (tertiary/aromatic N) is 3. The number of urea groups is 1. The number of carbonyl (C=O) groups is 1. The van der Waals surface area contributed by atoms with Crippen LogP contribution in [-0.2, 0) is 6.54 Å². The van der Waals surface area contributed by atoms with Crippen molar-refractivity contribution in [1.29, 1.82) is 0 Å². The third-order valence-corrected chi connectivity index (χ3v) is 3.36. The Morgan fingerprint density at radius 2 is 2.05 bits per heavy atom. The fourth-order valence-electron chi connectivity index (χ4n) is 1.77. The maximum absolute atomic E-state index is 12.3. The van der Waals surface area contributed by atoms with Gasteiger partial charge in [0.25, 0.3) is 0 Å². The molecule has 0 aliphatic heterocycles.